The zero-order valence-corrected chi connectivity index (χ0v) is 7.63. The van der Waals surface area contributed by atoms with Crippen LogP contribution in [0.15, 0.2) is 23.2 Å². The van der Waals surface area contributed by atoms with Crippen LogP contribution in [-0.2, 0) is 10.8 Å². The first kappa shape index (κ1) is 11.3. The second-order valence-electron chi connectivity index (χ2n) is 2.56. The fourth-order valence-electron chi connectivity index (χ4n) is 1.07. The zero-order valence-electron chi connectivity index (χ0n) is 7.63. The van der Waals surface area contributed by atoms with Gasteiger partial charge < -0.3 is 4.74 Å². The first-order chi connectivity index (χ1) is 7.03. The summed E-state index contributed by atoms with van der Waals surface area (Å²) in [5.74, 6) is -1.59. The molecule has 0 bridgehead atoms. The molecule has 0 saturated heterocycles. The minimum absolute atomic E-state index is 0.637. The second kappa shape index (κ2) is 4.14. The molecule has 0 amide bonds. The molecule has 1 aromatic carbocycles. The average molecular weight is 217 g/mol. The fourth-order valence-corrected chi connectivity index (χ4v) is 1.07. The lowest BCUT2D eigenvalue weighted by Crippen LogP contribution is -2.12. The molecule has 3 nitrogen and oxygen atoms in total. The Balaban J connectivity index is 3.36. The Kier molecular flexibility index (Phi) is 3.11. The molecule has 80 valence electrons. The van der Waals surface area contributed by atoms with Crippen LogP contribution >= 0.6 is 0 Å². The van der Waals surface area contributed by atoms with Crippen molar-refractivity contribution in [3.8, 4) is 5.75 Å². The van der Waals surface area contributed by atoms with E-state index in [0.717, 1.165) is 31.4 Å². The minimum Gasteiger partial charge on any atom is -0.493 e. The number of hydrogen-bond acceptors (Lipinski definition) is 3. The standard InChI is InChI=1S/C9H6F3NO2/c1-15-8-6(3-2-4-7(8)10)9(11,12)13-5-14/h2-4H,1H3. The molecule has 0 heterocycles. The second-order valence-corrected chi connectivity index (χ2v) is 2.56. The number of ether oxygens (including phenoxy) is 1. The largest absolute Gasteiger partial charge is 0.493 e. The maximum atomic E-state index is 13.1. The molecule has 0 spiro atoms. The van der Waals surface area contributed by atoms with E-state index in [9.17, 15) is 18.0 Å². The van der Waals surface area contributed by atoms with E-state index in [4.69, 9.17) is 0 Å². The van der Waals surface area contributed by atoms with Crippen LogP contribution in [0.5, 0.6) is 5.75 Å². The first-order valence-electron chi connectivity index (χ1n) is 3.82. The van der Waals surface area contributed by atoms with Crippen LogP contribution in [0.4, 0.5) is 13.2 Å². The number of alkyl halides is 2. The summed E-state index contributed by atoms with van der Waals surface area (Å²) in [7, 11) is 1.04. The van der Waals surface area contributed by atoms with E-state index in [2.05, 4.69) is 9.73 Å². The molecule has 0 aliphatic carbocycles. The Hall–Kier alpha value is -1.81. The molecule has 15 heavy (non-hydrogen) atoms. The fraction of sp³-hybridized carbons (Fsp3) is 0.222. The monoisotopic (exact) mass is 217 g/mol. The molecule has 0 atom stereocenters. The van der Waals surface area contributed by atoms with Gasteiger partial charge in [-0.05, 0) is 12.1 Å². The van der Waals surface area contributed by atoms with E-state index >= 15 is 0 Å². The summed E-state index contributed by atoms with van der Waals surface area (Å²) in [6.07, 6.45) is 0.724. The molecule has 1 rings (SSSR count). The van der Waals surface area contributed by atoms with E-state index in [1.165, 1.54) is 0 Å². The van der Waals surface area contributed by atoms with Gasteiger partial charge in [0.1, 0.15) is 0 Å². The maximum absolute atomic E-state index is 13.1. The van der Waals surface area contributed by atoms with E-state index in [-0.39, 0.29) is 0 Å². The van der Waals surface area contributed by atoms with Crippen molar-refractivity contribution >= 4 is 6.08 Å². The molecular formula is C9H6F3NO2. The number of para-hydroxylation sites is 1. The van der Waals surface area contributed by atoms with Gasteiger partial charge >= 0.3 is 6.05 Å². The number of benzene rings is 1. The van der Waals surface area contributed by atoms with Crippen molar-refractivity contribution in [2.75, 3.05) is 7.11 Å². The highest BCUT2D eigenvalue weighted by atomic mass is 19.3. The SMILES string of the molecule is COc1c(F)cccc1C(F)(F)N=C=O. The van der Waals surface area contributed by atoms with Gasteiger partial charge in [0.15, 0.2) is 11.6 Å². The molecule has 0 aliphatic heterocycles. The minimum atomic E-state index is -3.84. The Morgan fingerprint density at radius 1 is 1.47 bits per heavy atom. The Morgan fingerprint density at radius 2 is 2.13 bits per heavy atom. The normalized spacial score (nSPS) is 10.7. The van der Waals surface area contributed by atoms with Gasteiger partial charge in [-0.2, -0.15) is 8.78 Å². The average Bonchev–Trinajstić information content (AvgIpc) is 2.17. The summed E-state index contributed by atoms with van der Waals surface area (Å²) in [6, 6.07) is -0.887. The van der Waals surface area contributed by atoms with E-state index in [0.29, 0.717) is 0 Å². The topological polar surface area (TPSA) is 38.7 Å². The van der Waals surface area contributed by atoms with Gasteiger partial charge in [-0.3, -0.25) is 0 Å². The van der Waals surface area contributed by atoms with Gasteiger partial charge in [-0.25, -0.2) is 9.18 Å². The smallest absolute Gasteiger partial charge is 0.382 e. The van der Waals surface area contributed by atoms with Crippen molar-refractivity contribution in [1.82, 2.24) is 0 Å². The molecule has 6 heteroatoms. The number of isocyanates is 1. The first-order valence-corrected chi connectivity index (χ1v) is 3.82. The van der Waals surface area contributed by atoms with Crippen LogP contribution in [0.3, 0.4) is 0 Å². The van der Waals surface area contributed by atoms with Crippen LogP contribution in [0.1, 0.15) is 5.56 Å². The highest BCUT2D eigenvalue weighted by Gasteiger charge is 2.35. The van der Waals surface area contributed by atoms with Crippen LogP contribution in [-0.4, -0.2) is 13.2 Å². The summed E-state index contributed by atoms with van der Waals surface area (Å²) in [4.78, 5) is 12.1. The number of halogens is 3. The van der Waals surface area contributed by atoms with Crippen molar-refractivity contribution < 1.29 is 22.7 Å². The molecule has 0 N–H and O–H groups in total. The molecule has 0 fully saturated rings. The lowest BCUT2D eigenvalue weighted by Gasteiger charge is -2.13. The molecular weight excluding hydrogens is 211 g/mol. The Morgan fingerprint density at radius 3 is 2.67 bits per heavy atom. The van der Waals surface area contributed by atoms with Crippen molar-refractivity contribution in [1.29, 1.82) is 0 Å². The van der Waals surface area contributed by atoms with E-state index < -0.39 is 23.2 Å². The number of methoxy groups -OCH3 is 1. The van der Waals surface area contributed by atoms with Crippen LogP contribution in [0.2, 0.25) is 0 Å². The molecule has 0 saturated carbocycles. The third-order valence-electron chi connectivity index (χ3n) is 1.68. The van der Waals surface area contributed by atoms with Crippen molar-refractivity contribution in [2.45, 2.75) is 6.05 Å². The Bertz CT molecular complexity index is 414. The zero-order chi connectivity index (χ0) is 11.5. The predicted molar refractivity (Wildman–Crippen MR) is 45.0 cm³/mol. The van der Waals surface area contributed by atoms with E-state index in [1.54, 1.807) is 0 Å². The molecule has 0 aliphatic rings. The summed E-state index contributed by atoms with van der Waals surface area (Å²) < 4.78 is 43.7. The Labute approximate surface area is 83.2 Å². The van der Waals surface area contributed by atoms with Gasteiger partial charge in [-0.15, -0.1) is 4.99 Å². The number of nitrogens with zero attached hydrogens (tertiary/aromatic N) is 1. The summed E-state index contributed by atoms with van der Waals surface area (Å²) >= 11 is 0. The van der Waals surface area contributed by atoms with Gasteiger partial charge in [0.05, 0.1) is 12.7 Å². The van der Waals surface area contributed by atoms with Crippen LogP contribution < -0.4 is 4.74 Å². The predicted octanol–water partition coefficient (Wildman–Crippen LogP) is 2.22. The van der Waals surface area contributed by atoms with Crippen molar-refractivity contribution in [3.63, 3.8) is 0 Å². The van der Waals surface area contributed by atoms with Crippen LogP contribution in [0, 0.1) is 5.82 Å². The maximum Gasteiger partial charge on any atom is 0.382 e. The lowest BCUT2D eigenvalue weighted by atomic mass is 10.1. The molecule has 1 aromatic rings. The summed E-state index contributed by atoms with van der Waals surface area (Å²) in [6.45, 7) is 0. The number of carbonyl (C=O) groups excluding carboxylic acids is 1. The van der Waals surface area contributed by atoms with Crippen LogP contribution in [0.25, 0.3) is 0 Å². The third kappa shape index (κ3) is 2.16. The van der Waals surface area contributed by atoms with Gasteiger partial charge in [-0.1, -0.05) is 6.07 Å². The van der Waals surface area contributed by atoms with Crippen molar-refractivity contribution in [3.05, 3.63) is 29.6 Å². The molecule has 0 radical (unpaired) electrons. The third-order valence-corrected chi connectivity index (χ3v) is 1.68. The summed E-state index contributed by atoms with van der Waals surface area (Å²) in [5.41, 5.74) is -0.812. The molecule has 0 aromatic heterocycles. The quantitative estimate of drug-likeness (QED) is 0.442. The lowest BCUT2D eigenvalue weighted by molar-refractivity contribution is 0.00339. The van der Waals surface area contributed by atoms with Gasteiger partial charge in [0.25, 0.3) is 0 Å². The van der Waals surface area contributed by atoms with E-state index in [1.807, 2.05) is 0 Å². The van der Waals surface area contributed by atoms with Crippen molar-refractivity contribution in [2.24, 2.45) is 4.99 Å². The highest BCUT2D eigenvalue weighted by Crippen LogP contribution is 2.36. The highest BCUT2D eigenvalue weighted by molar-refractivity contribution is 5.41. The van der Waals surface area contributed by atoms with Gasteiger partial charge in [0, 0.05) is 0 Å². The molecule has 0 unspecified atom stereocenters. The number of rotatable bonds is 3. The summed E-state index contributed by atoms with van der Waals surface area (Å²) in [5, 5.41) is 0. The number of aliphatic imine (C=N–C) groups is 1. The number of hydrogen-bond donors (Lipinski definition) is 0. The van der Waals surface area contributed by atoms with Gasteiger partial charge in [0.2, 0.25) is 6.08 Å².